The van der Waals surface area contributed by atoms with E-state index in [1.54, 1.807) is 20.8 Å². The summed E-state index contributed by atoms with van der Waals surface area (Å²) in [6, 6.07) is -1.05. The molecule has 1 atom stereocenters. The number of carboxylic acid groups (broad SMARTS) is 1. The molecule has 0 bridgehead atoms. The summed E-state index contributed by atoms with van der Waals surface area (Å²) in [6.07, 6.45) is -2.18. The largest absolute Gasteiger partial charge is 0.481 e. The van der Waals surface area contributed by atoms with E-state index in [9.17, 15) is 22.8 Å². The minimum absolute atomic E-state index is 0.108. The summed E-state index contributed by atoms with van der Waals surface area (Å²) >= 11 is 0. The third-order valence-electron chi connectivity index (χ3n) is 4.96. The normalized spacial score (nSPS) is 21.6. The van der Waals surface area contributed by atoms with Gasteiger partial charge in [0, 0.05) is 17.3 Å². The molecule has 1 aromatic heterocycles. The van der Waals surface area contributed by atoms with Crippen LogP contribution < -0.4 is 10.6 Å². The molecule has 1 saturated carbocycles. The SMILES string of the molecule is Cc1nn(CC(F)(F)F)c(C)c1C(C)NC(=O)NC1CCC(C(=O)O)CC1. The van der Waals surface area contributed by atoms with Gasteiger partial charge in [-0.1, -0.05) is 0 Å². The van der Waals surface area contributed by atoms with Crippen LogP contribution in [0.1, 0.15) is 55.6 Å². The highest BCUT2D eigenvalue weighted by Crippen LogP contribution is 2.26. The Balaban J connectivity index is 1.94. The lowest BCUT2D eigenvalue weighted by Crippen LogP contribution is -2.45. The second-order valence-corrected chi connectivity index (χ2v) is 7.08. The molecule has 1 aliphatic carbocycles. The van der Waals surface area contributed by atoms with E-state index in [4.69, 9.17) is 5.11 Å². The number of aromatic nitrogens is 2. The highest BCUT2D eigenvalue weighted by Gasteiger charge is 2.31. The Morgan fingerprint density at radius 2 is 1.85 bits per heavy atom. The van der Waals surface area contributed by atoms with Crippen LogP contribution in [0.3, 0.4) is 0 Å². The number of amides is 2. The van der Waals surface area contributed by atoms with Crippen molar-refractivity contribution in [3.05, 3.63) is 17.0 Å². The van der Waals surface area contributed by atoms with E-state index in [-0.39, 0.29) is 12.0 Å². The van der Waals surface area contributed by atoms with Crippen molar-refractivity contribution in [2.75, 3.05) is 0 Å². The molecule has 1 unspecified atom stereocenters. The molecular weight excluding hydrogens is 365 g/mol. The number of halogens is 3. The van der Waals surface area contributed by atoms with E-state index >= 15 is 0 Å². The predicted molar refractivity (Wildman–Crippen MR) is 91.2 cm³/mol. The Morgan fingerprint density at radius 1 is 1.26 bits per heavy atom. The molecule has 0 saturated heterocycles. The average Bonchev–Trinajstić information content (AvgIpc) is 2.79. The zero-order valence-corrected chi connectivity index (χ0v) is 15.6. The fraction of sp³-hybridized carbons (Fsp3) is 0.706. The maximum absolute atomic E-state index is 12.6. The number of urea groups is 1. The summed E-state index contributed by atoms with van der Waals surface area (Å²) < 4.78 is 38.8. The second-order valence-electron chi connectivity index (χ2n) is 7.08. The first kappa shape index (κ1) is 21.0. The first-order chi connectivity index (χ1) is 12.5. The molecule has 1 aliphatic rings. The number of hydrogen-bond acceptors (Lipinski definition) is 3. The molecule has 2 amide bonds. The number of aryl methyl sites for hydroxylation is 1. The molecule has 27 heavy (non-hydrogen) atoms. The molecule has 1 fully saturated rings. The molecule has 10 heteroatoms. The van der Waals surface area contributed by atoms with Gasteiger partial charge in [-0.2, -0.15) is 18.3 Å². The number of nitrogens with one attached hydrogen (secondary N) is 2. The third kappa shape index (κ3) is 5.61. The Kier molecular flexibility index (Phi) is 6.38. The van der Waals surface area contributed by atoms with Crippen LogP contribution in [0.4, 0.5) is 18.0 Å². The van der Waals surface area contributed by atoms with Crippen LogP contribution in [-0.2, 0) is 11.3 Å². The minimum atomic E-state index is -4.37. The zero-order chi connectivity index (χ0) is 20.4. The highest BCUT2D eigenvalue weighted by atomic mass is 19.4. The number of aliphatic carboxylic acids is 1. The summed E-state index contributed by atoms with van der Waals surface area (Å²) in [4.78, 5) is 23.2. The van der Waals surface area contributed by atoms with E-state index in [1.165, 1.54) is 0 Å². The van der Waals surface area contributed by atoms with Gasteiger partial charge in [-0.15, -0.1) is 0 Å². The smallest absolute Gasteiger partial charge is 0.408 e. The Morgan fingerprint density at radius 3 is 2.37 bits per heavy atom. The van der Waals surface area contributed by atoms with Gasteiger partial charge in [0.1, 0.15) is 6.54 Å². The Bertz CT molecular complexity index is 694. The molecule has 3 N–H and O–H groups in total. The van der Waals surface area contributed by atoms with Crippen molar-refractivity contribution in [1.29, 1.82) is 0 Å². The van der Waals surface area contributed by atoms with Crippen LogP contribution in [0.15, 0.2) is 0 Å². The minimum Gasteiger partial charge on any atom is -0.481 e. The molecule has 1 heterocycles. The van der Waals surface area contributed by atoms with Gasteiger partial charge >= 0.3 is 18.2 Å². The molecule has 152 valence electrons. The van der Waals surface area contributed by atoms with Crippen molar-refractivity contribution < 1.29 is 27.9 Å². The van der Waals surface area contributed by atoms with E-state index < -0.39 is 30.8 Å². The van der Waals surface area contributed by atoms with Crippen molar-refractivity contribution in [1.82, 2.24) is 20.4 Å². The van der Waals surface area contributed by atoms with Crippen LogP contribution >= 0.6 is 0 Å². The van der Waals surface area contributed by atoms with E-state index in [0.29, 0.717) is 42.6 Å². The molecule has 7 nitrogen and oxygen atoms in total. The number of rotatable bonds is 5. The van der Waals surface area contributed by atoms with Crippen LogP contribution in [0.5, 0.6) is 0 Å². The van der Waals surface area contributed by atoms with Gasteiger partial charge in [0.05, 0.1) is 17.7 Å². The van der Waals surface area contributed by atoms with Crippen LogP contribution in [-0.4, -0.2) is 39.1 Å². The van der Waals surface area contributed by atoms with Gasteiger partial charge in [-0.05, 0) is 46.5 Å². The van der Waals surface area contributed by atoms with Crippen LogP contribution in [0.25, 0.3) is 0 Å². The van der Waals surface area contributed by atoms with Crippen molar-refractivity contribution >= 4 is 12.0 Å². The van der Waals surface area contributed by atoms with E-state index in [2.05, 4.69) is 15.7 Å². The fourth-order valence-electron chi connectivity index (χ4n) is 3.64. The van der Waals surface area contributed by atoms with E-state index in [0.717, 1.165) is 4.68 Å². The van der Waals surface area contributed by atoms with Gasteiger partial charge in [0.25, 0.3) is 0 Å². The highest BCUT2D eigenvalue weighted by molar-refractivity contribution is 5.75. The molecule has 0 radical (unpaired) electrons. The van der Waals surface area contributed by atoms with E-state index in [1.807, 2.05) is 0 Å². The number of carboxylic acids is 1. The van der Waals surface area contributed by atoms with Gasteiger partial charge in [0.15, 0.2) is 0 Å². The molecule has 0 aliphatic heterocycles. The number of carbonyl (C=O) groups excluding carboxylic acids is 1. The lowest BCUT2D eigenvalue weighted by molar-refractivity contribution is -0.143. The number of hydrogen-bond donors (Lipinski definition) is 3. The monoisotopic (exact) mass is 390 g/mol. The summed E-state index contributed by atoms with van der Waals surface area (Å²) in [5.41, 5.74) is 1.36. The van der Waals surface area contributed by atoms with Crippen molar-refractivity contribution in [2.45, 2.75) is 71.3 Å². The molecular formula is C17H25F3N4O3. The van der Waals surface area contributed by atoms with Gasteiger partial charge < -0.3 is 15.7 Å². The molecule has 2 rings (SSSR count). The van der Waals surface area contributed by atoms with Crippen molar-refractivity contribution in [3.63, 3.8) is 0 Å². The summed E-state index contributed by atoms with van der Waals surface area (Å²) in [5.74, 6) is -1.18. The Labute approximate surface area is 155 Å². The van der Waals surface area contributed by atoms with Gasteiger partial charge in [-0.3, -0.25) is 9.48 Å². The first-order valence-electron chi connectivity index (χ1n) is 8.88. The number of nitrogens with zero attached hydrogens (tertiary/aromatic N) is 2. The van der Waals surface area contributed by atoms with Crippen LogP contribution in [0, 0.1) is 19.8 Å². The molecule has 1 aromatic rings. The third-order valence-corrected chi connectivity index (χ3v) is 4.96. The zero-order valence-electron chi connectivity index (χ0n) is 15.6. The van der Waals surface area contributed by atoms with Crippen molar-refractivity contribution in [3.8, 4) is 0 Å². The lowest BCUT2D eigenvalue weighted by Gasteiger charge is -2.27. The lowest BCUT2D eigenvalue weighted by atomic mass is 9.86. The number of carbonyl (C=O) groups is 2. The fourth-order valence-corrected chi connectivity index (χ4v) is 3.64. The van der Waals surface area contributed by atoms with Gasteiger partial charge in [-0.25, -0.2) is 4.79 Å². The molecule has 0 spiro atoms. The average molecular weight is 390 g/mol. The van der Waals surface area contributed by atoms with Crippen LogP contribution in [0.2, 0.25) is 0 Å². The maximum atomic E-state index is 12.6. The predicted octanol–water partition coefficient (Wildman–Crippen LogP) is 3.07. The standard InChI is InChI=1S/C17H25F3N4O3/c1-9(14-10(2)23-24(11(14)3)8-17(18,19)20)21-16(27)22-13-6-4-12(5-7-13)15(25)26/h9,12-13H,4-8H2,1-3H3,(H,25,26)(H2,21,22,27). The number of alkyl halides is 3. The quantitative estimate of drug-likeness (QED) is 0.720. The molecule has 0 aromatic carbocycles. The first-order valence-corrected chi connectivity index (χ1v) is 8.88. The maximum Gasteiger partial charge on any atom is 0.408 e. The topological polar surface area (TPSA) is 96.3 Å². The van der Waals surface area contributed by atoms with Crippen molar-refractivity contribution in [2.24, 2.45) is 5.92 Å². The Hall–Kier alpha value is -2.26. The summed E-state index contributed by atoms with van der Waals surface area (Å²) in [6.45, 7) is 3.67. The summed E-state index contributed by atoms with van der Waals surface area (Å²) in [5, 5.41) is 18.5. The summed E-state index contributed by atoms with van der Waals surface area (Å²) in [7, 11) is 0. The second kappa shape index (κ2) is 8.18. The van der Waals surface area contributed by atoms with Gasteiger partial charge in [0.2, 0.25) is 0 Å².